The highest BCUT2D eigenvalue weighted by atomic mass is 32.2. The average Bonchev–Trinajstić information content (AvgIpc) is 3.16. The minimum absolute atomic E-state index is 0.0146. The fourth-order valence-corrected chi connectivity index (χ4v) is 4.40. The number of nitrogens with one attached hydrogen (secondary N) is 3. The predicted octanol–water partition coefficient (Wildman–Crippen LogP) is 0.784. The molecule has 1 aromatic heterocycles. The smallest absolute Gasteiger partial charge is 0.237 e. The summed E-state index contributed by atoms with van der Waals surface area (Å²) >= 11 is 1.53. The van der Waals surface area contributed by atoms with Crippen molar-refractivity contribution in [3.05, 3.63) is 6.20 Å². The number of hydrogen-bond donors (Lipinski definition) is 3. The number of rotatable bonds is 8. The molecule has 1 atom stereocenters. The Hall–Kier alpha value is -1.61. The summed E-state index contributed by atoms with van der Waals surface area (Å²) in [6.45, 7) is 3.00. The van der Waals surface area contributed by atoms with Gasteiger partial charge in [0.1, 0.15) is 5.03 Å². The largest absolute Gasteiger partial charge is 0.355 e. The van der Waals surface area contributed by atoms with E-state index in [9.17, 15) is 9.59 Å². The number of hydrogen-bond acceptors (Lipinski definition) is 6. The molecule has 1 aromatic rings. The number of H-pyrrole nitrogens is 1. The molecular formula is C17H28N6O2S. The second kappa shape index (κ2) is 9.91. The molecule has 2 fully saturated rings. The Kier molecular flexibility index (Phi) is 7.31. The summed E-state index contributed by atoms with van der Waals surface area (Å²) in [5, 5.41) is 16.9. The van der Waals surface area contributed by atoms with Gasteiger partial charge in [0.15, 0.2) is 0 Å². The number of thioether (sulfide) groups is 1. The number of aromatic amines is 1. The van der Waals surface area contributed by atoms with E-state index in [2.05, 4.69) is 30.9 Å². The molecule has 2 heterocycles. The van der Waals surface area contributed by atoms with Crippen molar-refractivity contribution >= 4 is 23.6 Å². The highest BCUT2D eigenvalue weighted by Crippen LogP contribution is 2.25. The van der Waals surface area contributed by atoms with Crippen LogP contribution in [0.2, 0.25) is 0 Å². The highest BCUT2D eigenvalue weighted by Gasteiger charge is 2.33. The second-order valence-corrected chi connectivity index (χ2v) is 8.13. The maximum absolute atomic E-state index is 12.3. The summed E-state index contributed by atoms with van der Waals surface area (Å²) in [7, 11) is 0. The molecule has 0 radical (unpaired) electrons. The van der Waals surface area contributed by atoms with Gasteiger partial charge in [-0.25, -0.2) is 0 Å². The summed E-state index contributed by atoms with van der Waals surface area (Å²) in [6, 6.07) is -0.339. The van der Waals surface area contributed by atoms with Crippen molar-refractivity contribution in [3.8, 4) is 0 Å². The van der Waals surface area contributed by atoms with Crippen molar-refractivity contribution in [2.75, 3.05) is 31.9 Å². The molecule has 0 unspecified atom stereocenters. The molecule has 144 valence electrons. The first-order valence-corrected chi connectivity index (χ1v) is 10.5. The number of piperazine rings is 1. The van der Waals surface area contributed by atoms with Gasteiger partial charge < -0.3 is 10.6 Å². The molecule has 1 aliphatic carbocycles. The fraction of sp³-hybridized carbons (Fsp3) is 0.765. The number of amides is 2. The lowest BCUT2D eigenvalue weighted by Crippen LogP contribution is -2.57. The van der Waals surface area contributed by atoms with Gasteiger partial charge in [0.2, 0.25) is 11.8 Å². The molecule has 0 aromatic carbocycles. The van der Waals surface area contributed by atoms with Crippen molar-refractivity contribution in [3.63, 3.8) is 0 Å². The van der Waals surface area contributed by atoms with E-state index >= 15 is 0 Å². The minimum Gasteiger partial charge on any atom is -0.355 e. The van der Waals surface area contributed by atoms with Crippen LogP contribution in [0.5, 0.6) is 0 Å². The van der Waals surface area contributed by atoms with Crippen molar-refractivity contribution in [1.82, 2.24) is 30.9 Å². The molecule has 3 N–H and O–H groups in total. The van der Waals surface area contributed by atoms with Crippen LogP contribution >= 0.6 is 11.8 Å². The molecular weight excluding hydrogens is 352 g/mol. The van der Waals surface area contributed by atoms with E-state index < -0.39 is 0 Å². The van der Waals surface area contributed by atoms with Gasteiger partial charge in [0.25, 0.3) is 0 Å². The Bertz CT molecular complexity index is 576. The molecule has 8 nitrogen and oxygen atoms in total. The first kappa shape index (κ1) is 19.2. The average molecular weight is 381 g/mol. The van der Waals surface area contributed by atoms with Gasteiger partial charge in [-0.2, -0.15) is 10.3 Å². The van der Waals surface area contributed by atoms with Gasteiger partial charge in [0, 0.05) is 31.9 Å². The lowest BCUT2D eigenvalue weighted by Gasteiger charge is -2.37. The van der Waals surface area contributed by atoms with Crippen LogP contribution in [0.15, 0.2) is 11.2 Å². The molecule has 0 bridgehead atoms. The third-order valence-electron chi connectivity index (χ3n) is 5.10. The molecule has 1 saturated carbocycles. The van der Waals surface area contributed by atoms with E-state index in [1.165, 1.54) is 43.9 Å². The van der Waals surface area contributed by atoms with E-state index in [0.29, 0.717) is 19.0 Å². The fourth-order valence-electron chi connectivity index (χ4n) is 3.76. The van der Waals surface area contributed by atoms with Crippen LogP contribution in [0.4, 0.5) is 0 Å². The number of carbonyl (C=O) groups is 2. The van der Waals surface area contributed by atoms with Gasteiger partial charge >= 0.3 is 0 Å². The number of carbonyl (C=O) groups excluding carboxylic acids is 2. The van der Waals surface area contributed by atoms with Crippen molar-refractivity contribution < 1.29 is 9.59 Å². The zero-order valence-electron chi connectivity index (χ0n) is 15.1. The van der Waals surface area contributed by atoms with Crippen molar-refractivity contribution in [1.29, 1.82) is 0 Å². The predicted molar refractivity (Wildman–Crippen MR) is 99.7 cm³/mol. The lowest BCUT2D eigenvalue weighted by atomic mass is 9.88. The maximum Gasteiger partial charge on any atom is 0.237 e. The van der Waals surface area contributed by atoms with Crippen LogP contribution in [0.3, 0.4) is 0 Å². The van der Waals surface area contributed by atoms with Crippen LogP contribution in [-0.2, 0) is 9.59 Å². The monoisotopic (exact) mass is 380 g/mol. The molecule has 1 aliphatic heterocycles. The summed E-state index contributed by atoms with van der Waals surface area (Å²) in [6.07, 6.45) is 8.29. The maximum atomic E-state index is 12.3. The second-order valence-electron chi connectivity index (χ2n) is 7.02. The third kappa shape index (κ3) is 5.70. The van der Waals surface area contributed by atoms with Crippen molar-refractivity contribution in [2.45, 2.75) is 49.6 Å². The van der Waals surface area contributed by atoms with E-state index in [1.54, 1.807) is 6.20 Å². The normalized spacial score (nSPS) is 22.2. The van der Waals surface area contributed by atoms with E-state index in [0.717, 1.165) is 23.9 Å². The van der Waals surface area contributed by atoms with Gasteiger partial charge in [-0.05, 0) is 18.8 Å². The first-order chi connectivity index (χ1) is 12.7. The standard InChI is InChI=1S/C17H28N6O2S/c24-15(18-7-9-26-16-11-20-22-21-16)10-14-17(25)19-6-8-23(14)12-13-4-2-1-3-5-13/h11,13-14H,1-10,12H2,(H,18,24)(H,19,25)(H,20,21,22)/t14-/m1/s1. The van der Waals surface area contributed by atoms with Crippen LogP contribution in [-0.4, -0.2) is 70.1 Å². The Morgan fingerprint density at radius 1 is 1.35 bits per heavy atom. The van der Waals surface area contributed by atoms with Crippen LogP contribution in [0, 0.1) is 5.92 Å². The van der Waals surface area contributed by atoms with Crippen LogP contribution in [0.25, 0.3) is 0 Å². The zero-order chi connectivity index (χ0) is 18.2. The molecule has 2 amide bonds. The zero-order valence-corrected chi connectivity index (χ0v) is 15.9. The van der Waals surface area contributed by atoms with Crippen LogP contribution in [0.1, 0.15) is 38.5 Å². The van der Waals surface area contributed by atoms with Gasteiger partial charge in [-0.1, -0.05) is 19.3 Å². The summed E-state index contributed by atoms with van der Waals surface area (Å²) in [5.41, 5.74) is 0. The topological polar surface area (TPSA) is 103 Å². The van der Waals surface area contributed by atoms with Gasteiger partial charge in [0.05, 0.1) is 18.7 Å². The van der Waals surface area contributed by atoms with E-state index in [1.807, 2.05) is 0 Å². The van der Waals surface area contributed by atoms with Gasteiger partial charge in [-0.15, -0.1) is 16.9 Å². The van der Waals surface area contributed by atoms with Crippen LogP contribution < -0.4 is 10.6 Å². The Morgan fingerprint density at radius 3 is 2.96 bits per heavy atom. The molecule has 1 saturated heterocycles. The molecule has 26 heavy (non-hydrogen) atoms. The van der Waals surface area contributed by atoms with Gasteiger partial charge in [-0.3, -0.25) is 14.5 Å². The SMILES string of the molecule is O=C(C[C@@H]1C(=O)NCCN1CC1CCCCC1)NCCSc1cn[nH]n1. The lowest BCUT2D eigenvalue weighted by molar-refractivity contribution is -0.134. The van der Waals surface area contributed by atoms with E-state index in [-0.39, 0.29) is 24.3 Å². The Labute approximate surface area is 158 Å². The molecule has 2 aliphatic rings. The first-order valence-electron chi connectivity index (χ1n) is 9.49. The number of aromatic nitrogens is 3. The summed E-state index contributed by atoms with van der Waals surface area (Å²) in [4.78, 5) is 26.8. The summed E-state index contributed by atoms with van der Waals surface area (Å²) in [5.74, 6) is 1.31. The highest BCUT2D eigenvalue weighted by molar-refractivity contribution is 7.99. The van der Waals surface area contributed by atoms with E-state index in [4.69, 9.17) is 0 Å². The Balaban J connectivity index is 1.43. The quantitative estimate of drug-likeness (QED) is 0.455. The Morgan fingerprint density at radius 2 is 2.19 bits per heavy atom. The molecule has 9 heteroatoms. The molecule has 3 rings (SSSR count). The molecule has 0 spiro atoms. The third-order valence-corrected chi connectivity index (χ3v) is 6.01. The summed E-state index contributed by atoms with van der Waals surface area (Å²) < 4.78 is 0. The van der Waals surface area contributed by atoms with Crippen molar-refractivity contribution in [2.24, 2.45) is 5.92 Å². The number of nitrogens with zero attached hydrogens (tertiary/aromatic N) is 3. The minimum atomic E-state index is -0.339.